The Morgan fingerprint density at radius 3 is 2.22 bits per heavy atom. The first-order valence-electron chi connectivity index (χ1n) is 7.51. The minimum Gasteiger partial charge on any atom is -0.330 e. The van der Waals surface area contributed by atoms with Gasteiger partial charge in [0, 0.05) is 5.38 Å². The lowest BCUT2D eigenvalue weighted by molar-refractivity contribution is 0.590. The van der Waals surface area contributed by atoms with Gasteiger partial charge in [0.1, 0.15) is 5.82 Å². The van der Waals surface area contributed by atoms with E-state index in [0.29, 0.717) is 0 Å². The van der Waals surface area contributed by atoms with Crippen molar-refractivity contribution in [3.63, 3.8) is 0 Å². The van der Waals surface area contributed by atoms with E-state index >= 15 is 0 Å². The maximum absolute atomic E-state index is 13.0. The van der Waals surface area contributed by atoms with Crippen molar-refractivity contribution in [2.75, 3.05) is 0 Å². The Morgan fingerprint density at radius 2 is 1.61 bits per heavy atom. The molecule has 0 amide bonds. The summed E-state index contributed by atoms with van der Waals surface area (Å²) < 4.78 is 13.0. The summed E-state index contributed by atoms with van der Waals surface area (Å²) in [5, 5.41) is 2.00. The van der Waals surface area contributed by atoms with Crippen LogP contribution in [0.1, 0.15) is 26.3 Å². The number of hydrogen-bond acceptors (Lipinski definition) is 2. The lowest BCUT2D eigenvalue weighted by atomic mass is 9.87. The van der Waals surface area contributed by atoms with Gasteiger partial charge in [-0.1, -0.05) is 32.9 Å². The van der Waals surface area contributed by atoms with Crippen molar-refractivity contribution in [1.82, 2.24) is 4.98 Å². The van der Waals surface area contributed by atoms with Crippen LogP contribution in [-0.2, 0) is 5.41 Å². The van der Waals surface area contributed by atoms with Gasteiger partial charge in [-0.2, -0.15) is 0 Å². The Labute approximate surface area is 139 Å². The minimum atomic E-state index is -0.229. The van der Waals surface area contributed by atoms with Crippen LogP contribution in [0.2, 0.25) is 0 Å². The fraction of sp³-hybridized carbons (Fsp3) is 0.211. The van der Waals surface area contributed by atoms with Gasteiger partial charge in [-0.15, -0.1) is 11.3 Å². The second-order valence-electron chi connectivity index (χ2n) is 6.50. The fourth-order valence-electron chi connectivity index (χ4n) is 2.27. The molecular weight excluding hydrogens is 307 g/mol. The van der Waals surface area contributed by atoms with Crippen molar-refractivity contribution in [1.29, 1.82) is 0 Å². The number of rotatable bonds is 2. The minimum absolute atomic E-state index is 0.142. The molecular formula is C19H19FN2S. The molecule has 0 radical (unpaired) electrons. The van der Waals surface area contributed by atoms with Crippen LogP contribution in [0.5, 0.6) is 0 Å². The lowest BCUT2D eigenvalue weighted by Crippen LogP contribution is -2.10. The summed E-state index contributed by atoms with van der Waals surface area (Å²) in [7, 11) is 0. The number of aromatic amines is 1. The smallest absolute Gasteiger partial charge is 0.187 e. The van der Waals surface area contributed by atoms with Crippen LogP contribution in [0.15, 0.2) is 58.9 Å². The van der Waals surface area contributed by atoms with Gasteiger partial charge in [-0.3, -0.25) is 0 Å². The number of nitrogens with zero attached hydrogens (tertiary/aromatic N) is 1. The van der Waals surface area contributed by atoms with Crippen LogP contribution in [-0.4, -0.2) is 4.98 Å². The lowest BCUT2D eigenvalue weighted by Gasteiger charge is -2.18. The largest absolute Gasteiger partial charge is 0.330 e. The topological polar surface area (TPSA) is 28.1 Å². The molecule has 0 spiro atoms. The van der Waals surface area contributed by atoms with Crippen LogP contribution in [0, 0.1) is 5.82 Å². The predicted octanol–water partition coefficient (Wildman–Crippen LogP) is 5.41. The highest BCUT2D eigenvalue weighted by Crippen LogP contribution is 2.24. The van der Waals surface area contributed by atoms with Gasteiger partial charge in [-0.25, -0.2) is 9.38 Å². The van der Waals surface area contributed by atoms with Gasteiger partial charge < -0.3 is 4.98 Å². The first-order valence-corrected chi connectivity index (χ1v) is 8.39. The zero-order valence-corrected chi connectivity index (χ0v) is 14.2. The van der Waals surface area contributed by atoms with Gasteiger partial charge >= 0.3 is 0 Å². The highest BCUT2D eigenvalue weighted by Gasteiger charge is 2.12. The summed E-state index contributed by atoms with van der Waals surface area (Å²) >= 11 is 1.54. The zero-order valence-electron chi connectivity index (χ0n) is 13.4. The molecule has 0 aliphatic carbocycles. The van der Waals surface area contributed by atoms with Crippen molar-refractivity contribution in [3.8, 4) is 11.3 Å². The molecule has 118 valence electrons. The van der Waals surface area contributed by atoms with E-state index < -0.39 is 0 Å². The molecule has 3 rings (SSSR count). The van der Waals surface area contributed by atoms with Crippen molar-refractivity contribution in [3.05, 3.63) is 70.1 Å². The monoisotopic (exact) mass is 326 g/mol. The molecule has 0 atom stereocenters. The standard InChI is InChI=1S/C19H19FN2S/c1-19(2,3)14-6-10-16(11-7-14)21-18-22-17(12-23-18)13-4-8-15(20)9-5-13/h4-12H,1-3H3,(H,21,22). The van der Waals surface area contributed by atoms with Crippen LogP contribution < -0.4 is 4.80 Å². The van der Waals surface area contributed by atoms with Crippen molar-refractivity contribution < 1.29 is 4.39 Å². The molecule has 0 aliphatic rings. The van der Waals surface area contributed by atoms with E-state index in [1.165, 1.54) is 29.0 Å². The van der Waals surface area contributed by atoms with Gasteiger partial charge in [0.15, 0.2) is 4.80 Å². The Balaban J connectivity index is 1.87. The Morgan fingerprint density at radius 1 is 0.957 bits per heavy atom. The van der Waals surface area contributed by atoms with E-state index in [1.807, 2.05) is 17.5 Å². The van der Waals surface area contributed by atoms with E-state index in [2.05, 4.69) is 42.9 Å². The Kier molecular flexibility index (Phi) is 4.18. The highest BCUT2D eigenvalue weighted by molar-refractivity contribution is 7.07. The van der Waals surface area contributed by atoms with E-state index in [9.17, 15) is 4.39 Å². The molecule has 3 aromatic rings. The summed E-state index contributed by atoms with van der Waals surface area (Å²) in [5.41, 5.74) is 4.25. The highest BCUT2D eigenvalue weighted by atomic mass is 32.1. The summed E-state index contributed by atoms with van der Waals surface area (Å²) in [6.07, 6.45) is 0. The van der Waals surface area contributed by atoms with Crippen LogP contribution in [0.3, 0.4) is 0 Å². The quantitative estimate of drug-likeness (QED) is 0.652. The van der Waals surface area contributed by atoms with Crippen LogP contribution >= 0.6 is 11.3 Å². The summed E-state index contributed by atoms with van der Waals surface area (Å²) in [6.45, 7) is 6.59. The number of aromatic nitrogens is 1. The SMILES string of the molecule is CC(C)(C)c1ccc(N=c2[nH]c(-c3ccc(F)cc3)cs2)cc1. The molecule has 2 nitrogen and oxygen atoms in total. The normalized spacial score (nSPS) is 12.6. The predicted molar refractivity (Wildman–Crippen MR) is 94.4 cm³/mol. The van der Waals surface area contributed by atoms with Gasteiger partial charge in [0.05, 0.1) is 11.4 Å². The summed E-state index contributed by atoms with van der Waals surface area (Å²) in [6, 6.07) is 14.7. The van der Waals surface area contributed by atoms with Crippen molar-refractivity contribution >= 4 is 17.0 Å². The molecule has 0 bridgehead atoms. The maximum atomic E-state index is 13.0. The van der Waals surface area contributed by atoms with E-state index in [-0.39, 0.29) is 11.2 Å². The molecule has 0 unspecified atom stereocenters. The number of H-pyrrole nitrogens is 1. The average Bonchev–Trinajstić information content (AvgIpc) is 2.96. The second kappa shape index (κ2) is 6.13. The van der Waals surface area contributed by atoms with Crippen LogP contribution in [0.4, 0.5) is 10.1 Å². The fourth-order valence-corrected chi connectivity index (χ4v) is 3.02. The molecule has 23 heavy (non-hydrogen) atoms. The Bertz CT molecular complexity index is 850. The third kappa shape index (κ3) is 3.77. The summed E-state index contributed by atoms with van der Waals surface area (Å²) in [5.74, 6) is -0.229. The maximum Gasteiger partial charge on any atom is 0.187 e. The van der Waals surface area contributed by atoms with E-state index in [1.54, 1.807) is 12.1 Å². The molecule has 2 aromatic carbocycles. The number of hydrogen-bond donors (Lipinski definition) is 1. The van der Waals surface area contributed by atoms with Gasteiger partial charge in [0.2, 0.25) is 0 Å². The van der Waals surface area contributed by atoms with Crippen LogP contribution in [0.25, 0.3) is 11.3 Å². The average molecular weight is 326 g/mol. The number of benzene rings is 2. The molecule has 0 saturated heterocycles. The molecule has 0 saturated carbocycles. The number of nitrogens with one attached hydrogen (secondary N) is 1. The molecule has 4 heteroatoms. The number of thiazole rings is 1. The number of halogens is 1. The Hall–Kier alpha value is -2.20. The molecule has 0 fully saturated rings. The third-order valence-corrected chi connectivity index (χ3v) is 4.42. The molecule has 1 aromatic heterocycles. The molecule has 1 N–H and O–H groups in total. The molecule has 1 heterocycles. The first-order chi connectivity index (χ1) is 10.9. The zero-order chi connectivity index (χ0) is 16.4. The van der Waals surface area contributed by atoms with Crippen molar-refractivity contribution in [2.45, 2.75) is 26.2 Å². The van der Waals surface area contributed by atoms with E-state index in [0.717, 1.165) is 21.7 Å². The van der Waals surface area contributed by atoms with Gasteiger partial charge in [-0.05, 0) is 52.9 Å². The van der Waals surface area contributed by atoms with Crippen molar-refractivity contribution in [2.24, 2.45) is 4.99 Å². The third-order valence-electron chi connectivity index (χ3n) is 3.65. The van der Waals surface area contributed by atoms with E-state index in [4.69, 9.17) is 0 Å². The van der Waals surface area contributed by atoms with Gasteiger partial charge in [0.25, 0.3) is 0 Å². The molecule has 0 aliphatic heterocycles. The first kappa shape index (κ1) is 15.7. The second-order valence-corrected chi connectivity index (χ2v) is 7.35. The summed E-state index contributed by atoms with van der Waals surface area (Å²) in [4.78, 5) is 8.72.